The summed E-state index contributed by atoms with van der Waals surface area (Å²) in [7, 11) is 1.57. The minimum Gasteiger partial charge on any atom is -0.495 e. The van der Waals surface area contributed by atoms with Crippen LogP contribution in [0.25, 0.3) is 6.08 Å². The second-order valence-electron chi connectivity index (χ2n) is 4.90. The van der Waals surface area contributed by atoms with Gasteiger partial charge in [-0.05, 0) is 59.2 Å². The molecule has 21 heavy (non-hydrogen) atoms. The quantitative estimate of drug-likeness (QED) is 0.638. The molecule has 0 aromatic heterocycles. The van der Waals surface area contributed by atoms with E-state index in [-0.39, 0.29) is 11.9 Å². The summed E-state index contributed by atoms with van der Waals surface area (Å²) in [5.74, 6) is 0.526. The second kappa shape index (κ2) is 5.59. The van der Waals surface area contributed by atoms with Crippen LogP contribution in [0.5, 0.6) is 5.75 Å². The molecule has 1 saturated heterocycles. The van der Waals surface area contributed by atoms with Crippen molar-refractivity contribution in [2.75, 3.05) is 7.11 Å². The Morgan fingerprint density at radius 1 is 1.52 bits per heavy atom. The highest BCUT2D eigenvalue weighted by molar-refractivity contribution is 9.10. The van der Waals surface area contributed by atoms with Crippen LogP contribution < -0.4 is 10.1 Å². The van der Waals surface area contributed by atoms with Crippen molar-refractivity contribution in [1.82, 2.24) is 10.2 Å². The highest BCUT2D eigenvalue weighted by Gasteiger charge is 2.41. The van der Waals surface area contributed by atoms with Gasteiger partial charge in [0.25, 0.3) is 5.91 Å². The maximum absolute atomic E-state index is 12.4. The molecule has 0 spiro atoms. The van der Waals surface area contributed by atoms with Crippen LogP contribution in [0.4, 0.5) is 0 Å². The number of hydrogen-bond acceptors (Lipinski definition) is 3. The summed E-state index contributed by atoms with van der Waals surface area (Å²) < 4.78 is 6.09. The van der Waals surface area contributed by atoms with Crippen molar-refractivity contribution in [3.8, 4) is 5.75 Å². The monoisotopic (exact) mass is 386 g/mol. The van der Waals surface area contributed by atoms with Crippen LogP contribution in [0.3, 0.4) is 0 Å². The summed E-state index contributed by atoms with van der Waals surface area (Å²) in [6, 6.07) is 3.74. The van der Waals surface area contributed by atoms with Crippen molar-refractivity contribution in [3.05, 3.63) is 32.9 Å². The molecule has 1 aliphatic heterocycles. The average molecular weight is 388 g/mol. The van der Waals surface area contributed by atoms with Gasteiger partial charge in [-0.15, -0.1) is 0 Å². The van der Waals surface area contributed by atoms with E-state index >= 15 is 0 Å². The molecule has 7 heteroatoms. The van der Waals surface area contributed by atoms with Gasteiger partial charge in [0, 0.05) is 16.6 Å². The van der Waals surface area contributed by atoms with E-state index in [1.807, 2.05) is 0 Å². The van der Waals surface area contributed by atoms with Gasteiger partial charge in [-0.25, -0.2) is 0 Å². The minimum absolute atomic E-state index is 0.0966. The summed E-state index contributed by atoms with van der Waals surface area (Å²) in [5, 5.41) is 3.99. The summed E-state index contributed by atoms with van der Waals surface area (Å²) >= 11 is 14.7. The number of methoxy groups -OCH3 is 1. The third-order valence-electron chi connectivity index (χ3n) is 3.36. The van der Waals surface area contributed by atoms with E-state index in [0.717, 1.165) is 17.3 Å². The Kier molecular flexibility index (Phi) is 3.94. The molecule has 0 radical (unpaired) electrons. The fourth-order valence-corrected chi connectivity index (χ4v) is 3.61. The van der Waals surface area contributed by atoms with Gasteiger partial charge in [0.1, 0.15) is 11.4 Å². The van der Waals surface area contributed by atoms with Gasteiger partial charge in [0.15, 0.2) is 5.11 Å². The number of ether oxygens (including phenoxy) is 1. The molecule has 1 aromatic carbocycles. The van der Waals surface area contributed by atoms with Crippen molar-refractivity contribution in [2.45, 2.75) is 18.9 Å². The number of carbonyl (C=O) groups excluding carboxylic acids is 1. The molecule has 0 bridgehead atoms. The maximum atomic E-state index is 12.4. The lowest BCUT2D eigenvalue weighted by Crippen LogP contribution is -2.32. The van der Waals surface area contributed by atoms with Gasteiger partial charge < -0.3 is 10.1 Å². The van der Waals surface area contributed by atoms with Crippen LogP contribution in [-0.4, -0.2) is 29.1 Å². The molecular weight excluding hydrogens is 376 g/mol. The molecule has 4 nitrogen and oxygen atoms in total. The first kappa shape index (κ1) is 14.8. The molecule has 1 saturated carbocycles. The zero-order valence-corrected chi connectivity index (χ0v) is 14.3. The highest BCUT2D eigenvalue weighted by atomic mass is 79.9. The predicted molar refractivity (Wildman–Crippen MR) is 89.3 cm³/mol. The van der Waals surface area contributed by atoms with E-state index in [9.17, 15) is 4.79 Å². The summed E-state index contributed by atoms with van der Waals surface area (Å²) in [5.41, 5.74) is 1.16. The number of hydrogen-bond donors (Lipinski definition) is 1. The molecule has 2 aliphatic rings. The predicted octanol–water partition coefficient (Wildman–Crippen LogP) is 3.33. The maximum Gasteiger partial charge on any atom is 0.276 e. The van der Waals surface area contributed by atoms with Crippen LogP contribution in [0.15, 0.2) is 22.3 Å². The van der Waals surface area contributed by atoms with Gasteiger partial charge >= 0.3 is 0 Å². The SMILES string of the molecule is COc1c(Br)cc(Cl)cc1/C=C1\NC(=S)N(C2CC2)C1=O. The lowest BCUT2D eigenvalue weighted by molar-refractivity contribution is -0.122. The number of benzene rings is 1. The Bertz CT molecular complexity index is 673. The van der Waals surface area contributed by atoms with Crippen molar-refractivity contribution in [3.63, 3.8) is 0 Å². The second-order valence-corrected chi connectivity index (χ2v) is 6.58. The van der Waals surface area contributed by atoms with Crippen LogP contribution in [0.1, 0.15) is 18.4 Å². The fourth-order valence-electron chi connectivity index (χ4n) is 2.27. The van der Waals surface area contributed by atoms with Crippen molar-refractivity contribution < 1.29 is 9.53 Å². The number of nitrogens with zero attached hydrogens (tertiary/aromatic N) is 1. The summed E-state index contributed by atoms with van der Waals surface area (Å²) in [6.45, 7) is 0. The molecule has 1 heterocycles. The Morgan fingerprint density at radius 2 is 2.24 bits per heavy atom. The molecule has 2 fully saturated rings. The zero-order chi connectivity index (χ0) is 15.1. The third-order valence-corrected chi connectivity index (χ3v) is 4.47. The first-order valence-corrected chi connectivity index (χ1v) is 7.98. The van der Waals surface area contributed by atoms with Crippen LogP contribution in [0.2, 0.25) is 5.02 Å². The molecule has 1 N–H and O–H groups in total. The Balaban J connectivity index is 1.99. The lowest BCUT2D eigenvalue weighted by atomic mass is 10.1. The van der Waals surface area contributed by atoms with Crippen LogP contribution in [0, 0.1) is 0 Å². The lowest BCUT2D eigenvalue weighted by Gasteiger charge is -2.11. The van der Waals surface area contributed by atoms with E-state index in [4.69, 9.17) is 28.6 Å². The summed E-state index contributed by atoms with van der Waals surface area (Å²) in [6.07, 6.45) is 3.73. The van der Waals surface area contributed by atoms with Gasteiger partial charge in [0.05, 0.1) is 11.6 Å². The Morgan fingerprint density at radius 3 is 2.86 bits per heavy atom. The van der Waals surface area contributed by atoms with Gasteiger partial charge in [0.2, 0.25) is 0 Å². The molecule has 1 aliphatic carbocycles. The van der Waals surface area contributed by atoms with Crippen molar-refractivity contribution in [2.24, 2.45) is 0 Å². The topological polar surface area (TPSA) is 41.6 Å². The number of rotatable bonds is 3. The normalized spacial score (nSPS) is 20.1. The number of halogens is 2. The number of amides is 1. The van der Waals surface area contributed by atoms with E-state index in [1.165, 1.54) is 0 Å². The number of carbonyl (C=O) groups is 1. The van der Waals surface area contributed by atoms with E-state index in [2.05, 4.69) is 21.2 Å². The van der Waals surface area contributed by atoms with Gasteiger partial charge in [-0.1, -0.05) is 11.6 Å². The Hall–Kier alpha value is -1.11. The van der Waals surface area contributed by atoms with Crippen LogP contribution in [-0.2, 0) is 4.79 Å². The summed E-state index contributed by atoms with van der Waals surface area (Å²) in [4.78, 5) is 14.0. The van der Waals surface area contributed by atoms with E-state index in [1.54, 1.807) is 30.2 Å². The average Bonchev–Trinajstić information content (AvgIpc) is 3.18. The molecule has 110 valence electrons. The fraction of sp³-hybridized carbons (Fsp3) is 0.286. The standard InChI is InChI=1S/C14H12BrClN2O2S/c1-20-12-7(4-8(16)6-10(12)15)5-11-13(19)18(9-2-3-9)14(21)17-11/h4-6,9H,2-3H2,1H3,(H,17,21)/b11-5-. The molecule has 1 aromatic rings. The van der Waals surface area contributed by atoms with E-state index in [0.29, 0.717) is 27.1 Å². The molecule has 1 amide bonds. The number of thiocarbonyl (C=S) groups is 1. The molecule has 3 rings (SSSR count). The van der Waals surface area contributed by atoms with Crippen LogP contribution >= 0.6 is 39.7 Å². The third kappa shape index (κ3) is 2.80. The molecule has 0 atom stereocenters. The number of nitrogens with one attached hydrogen (secondary N) is 1. The zero-order valence-electron chi connectivity index (χ0n) is 11.2. The van der Waals surface area contributed by atoms with E-state index < -0.39 is 0 Å². The van der Waals surface area contributed by atoms with Crippen molar-refractivity contribution >= 4 is 56.8 Å². The van der Waals surface area contributed by atoms with Crippen molar-refractivity contribution in [1.29, 1.82) is 0 Å². The highest BCUT2D eigenvalue weighted by Crippen LogP contribution is 2.35. The smallest absolute Gasteiger partial charge is 0.276 e. The van der Waals surface area contributed by atoms with Gasteiger partial charge in [-0.3, -0.25) is 9.69 Å². The van der Waals surface area contributed by atoms with Gasteiger partial charge in [-0.2, -0.15) is 0 Å². The first-order chi connectivity index (χ1) is 10.0. The largest absolute Gasteiger partial charge is 0.495 e. The first-order valence-electron chi connectivity index (χ1n) is 6.40. The molecular formula is C14H12BrClN2O2S. The molecule has 0 unspecified atom stereocenters. The Labute approximate surface area is 141 Å². The minimum atomic E-state index is -0.0966.